The molecule has 0 atom stereocenters. The molecular formula is C13H25N3O2. The molecule has 5 nitrogen and oxygen atoms in total. The molecule has 1 rings (SSSR count). The van der Waals surface area contributed by atoms with Crippen LogP contribution in [0.5, 0.6) is 0 Å². The normalized spacial score (nSPS) is 12.0. The molecule has 1 N–H and O–H groups in total. The van der Waals surface area contributed by atoms with Gasteiger partial charge in [0.2, 0.25) is 0 Å². The molecule has 0 unspecified atom stereocenters. The predicted octanol–water partition coefficient (Wildman–Crippen LogP) is 1.43. The monoisotopic (exact) mass is 255 g/mol. The van der Waals surface area contributed by atoms with Gasteiger partial charge in [0.25, 0.3) is 0 Å². The number of aromatic nitrogens is 2. The molecule has 0 aliphatic heterocycles. The van der Waals surface area contributed by atoms with Crippen LogP contribution in [0.1, 0.15) is 26.0 Å². The molecule has 104 valence electrons. The summed E-state index contributed by atoms with van der Waals surface area (Å²) in [4.78, 5) is 0. The molecule has 0 amide bonds. The number of hydrogen-bond donors (Lipinski definition) is 1. The molecule has 0 aromatic carbocycles. The SMILES string of the molecule is COCCNCc1ccn(CCC(C)(C)OC)n1. The van der Waals surface area contributed by atoms with Gasteiger partial charge in [0.15, 0.2) is 0 Å². The first-order valence-corrected chi connectivity index (χ1v) is 6.34. The van der Waals surface area contributed by atoms with Crippen LogP contribution in [0.15, 0.2) is 12.3 Å². The maximum Gasteiger partial charge on any atom is 0.0762 e. The topological polar surface area (TPSA) is 48.3 Å². The van der Waals surface area contributed by atoms with Crippen LogP contribution >= 0.6 is 0 Å². The van der Waals surface area contributed by atoms with E-state index in [0.717, 1.165) is 38.4 Å². The van der Waals surface area contributed by atoms with Gasteiger partial charge in [-0.05, 0) is 26.3 Å². The van der Waals surface area contributed by atoms with Gasteiger partial charge in [-0.25, -0.2) is 0 Å². The van der Waals surface area contributed by atoms with E-state index in [9.17, 15) is 0 Å². The largest absolute Gasteiger partial charge is 0.383 e. The number of hydrogen-bond acceptors (Lipinski definition) is 4. The Balaban J connectivity index is 2.30. The summed E-state index contributed by atoms with van der Waals surface area (Å²) >= 11 is 0. The van der Waals surface area contributed by atoms with Crippen molar-refractivity contribution in [3.63, 3.8) is 0 Å². The molecule has 0 aliphatic carbocycles. The summed E-state index contributed by atoms with van der Waals surface area (Å²) in [6.07, 6.45) is 2.96. The van der Waals surface area contributed by atoms with Gasteiger partial charge in [0, 0.05) is 40.1 Å². The molecule has 0 bridgehead atoms. The Kier molecular flexibility index (Phi) is 6.32. The maximum atomic E-state index is 5.39. The Bertz CT molecular complexity index is 337. The zero-order valence-corrected chi connectivity index (χ0v) is 11.9. The van der Waals surface area contributed by atoms with Crippen molar-refractivity contribution >= 4 is 0 Å². The first kappa shape index (κ1) is 15.1. The van der Waals surface area contributed by atoms with Crippen LogP contribution in [-0.4, -0.2) is 42.8 Å². The van der Waals surface area contributed by atoms with Crippen molar-refractivity contribution in [2.75, 3.05) is 27.4 Å². The number of methoxy groups -OCH3 is 2. The number of nitrogens with zero attached hydrogens (tertiary/aromatic N) is 2. The van der Waals surface area contributed by atoms with Gasteiger partial charge in [-0.3, -0.25) is 4.68 Å². The Morgan fingerprint density at radius 2 is 2.17 bits per heavy atom. The Morgan fingerprint density at radius 1 is 1.39 bits per heavy atom. The number of nitrogens with one attached hydrogen (secondary N) is 1. The number of rotatable bonds is 9. The van der Waals surface area contributed by atoms with Crippen molar-refractivity contribution in [1.82, 2.24) is 15.1 Å². The summed E-state index contributed by atoms with van der Waals surface area (Å²) in [7, 11) is 3.45. The third-order valence-electron chi connectivity index (χ3n) is 2.98. The van der Waals surface area contributed by atoms with Gasteiger partial charge in [0.05, 0.1) is 17.9 Å². The molecule has 0 saturated heterocycles. The van der Waals surface area contributed by atoms with Crippen LogP contribution in [0, 0.1) is 0 Å². The highest BCUT2D eigenvalue weighted by molar-refractivity contribution is 4.98. The fourth-order valence-corrected chi connectivity index (χ4v) is 1.50. The van der Waals surface area contributed by atoms with E-state index >= 15 is 0 Å². The molecule has 0 radical (unpaired) electrons. The Morgan fingerprint density at radius 3 is 2.83 bits per heavy atom. The van der Waals surface area contributed by atoms with E-state index in [1.165, 1.54) is 0 Å². The fraction of sp³-hybridized carbons (Fsp3) is 0.769. The Labute approximate surface area is 109 Å². The average molecular weight is 255 g/mol. The summed E-state index contributed by atoms with van der Waals surface area (Å²) in [5.41, 5.74) is 0.962. The van der Waals surface area contributed by atoms with Crippen LogP contribution in [0.2, 0.25) is 0 Å². The van der Waals surface area contributed by atoms with Crippen molar-refractivity contribution in [2.45, 2.75) is 39.0 Å². The lowest BCUT2D eigenvalue weighted by Crippen LogP contribution is -2.24. The fourth-order valence-electron chi connectivity index (χ4n) is 1.50. The minimum absolute atomic E-state index is 0.0944. The van der Waals surface area contributed by atoms with Gasteiger partial charge in [-0.1, -0.05) is 0 Å². The molecule has 1 aromatic heterocycles. The molecule has 0 saturated carbocycles. The van der Waals surface area contributed by atoms with Crippen molar-refractivity contribution in [1.29, 1.82) is 0 Å². The van der Waals surface area contributed by atoms with E-state index in [-0.39, 0.29) is 5.60 Å². The lowest BCUT2D eigenvalue weighted by atomic mass is 10.1. The van der Waals surface area contributed by atoms with Crippen LogP contribution in [-0.2, 0) is 22.6 Å². The summed E-state index contributed by atoms with van der Waals surface area (Å²) in [6, 6.07) is 2.04. The highest BCUT2D eigenvalue weighted by Crippen LogP contribution is 2.13. The van der Waals surface area contributed by atoms with Crippen molar-refractivity contribution in [3.8, 4) is 0 Å². The average Bonchev–Trinajstić information content (AvgIpc) is 2.80. The standard InChI is InChI=1S/C13H25N3O2/c1-13(2,18-4)6-9-16-8-5-12(15-16)11-14-7-10-17-3/h5,8,14H,6-7,9-11H2,1-4H3. The van der Waals surface area contributed by atoms with Gasteiger partial charge in [0.1, 0.15) is 0 Å². The van der Waals surface area contributed by atoms with E-state index < -0.39 is 0 Å². The maximum absolute atomic E-state index is 5.39. The lowest BCUT2D eigenvalue weighted by molar-refractivity contribution is 0.0113. The molecule has 1 heterocycles. The second-order valence-corrected chi connectivity index (χ2v) is 4.95. The predicted molar refractivity (Wildman–Crippen MR) is 71.5 cm³/mol. The van der Waals surface area contributed by atoms with E-state index in [4.69, 9.17) is 9.47 Å². The molecule has 0 aliphatic rings. The first-order chi connectivity index (χ1) is 8.57. The van der Waals surface area contributed by atoms with Crippen LogP contribution in [0.3, 0.4) is 0 Å². The minimum atomic E-state index is -0.0944. The van der Waals surface area contributed by atoms with Crippen LogP contribution in [0.25, 0.3) is 0 Å². The number of aryl methyl sites for hydroxylation is 1. The van der Waals surface area contributed by atoms with Crippen LogP contribution in [0.4, 0.5) is 0 Å². The molecule has 0 spiro atoms. The molecule has 5 heteroatoms. The molecule has 1 aromatic rings. The highest BCUT2D eigenvalue weighted by atomic mass is 16.5. The van der Waals surface area contributed by atoms with E-state index in [2.05, 4.69) is 24.3 Å². The van der Waals surface area contributed by atoms with Gasteiger partial charge < -0.3 is 14.8 Å². The van der Waals surface area contributed by atoms with Crippen molar-refractivity contribution < 1.29 is 9.47 Å². The summed E-state index contributed by atoms with van der Waals surface area (Å²) < 4.78 is 12.3. The van der Waals surface area contributed by atoms with Gasteiger partial charge in [-0.15, -0.1) is 0 Å². The first-order valence-electron chi connectivity index (χ1n) is 6.34. The van der Waals surface area contributed by atoms with E-state index in [1.54, 1.807) is 14.2 Å². The molecule has 18 heavy (non-hydrogen) atoms. The zero-order valence-electron chi connectivity index (χ0n) is 11.9. The lowest BCUT2D eigenvalue weighted by Gasteiger charge is -2.22. The molecular weight excluding hydrogens is 230 g/mol. The summed E-state index contributed by atoms with van der Waals surface area (Å²) in [5.74, 6) is 0. The zero-order chi connectivity index (χ0) is 13.4. The van der Waals surface area contributed by atoms with Gasteiger partial charge in [-0.2, -0.15) is 5.10 Å². The highest BCUT2D eigenvalue weighted by Gasteiger charge is 2.16. The summed E-state index contributed by atoms with van der Waals surface area (Å²) in [6.45, 7) is 7.40. The minimum Gasteiger partial charge on any atom is -0.383 e. The second kappa shape index (κ2) is 7.51. The third-order valence-corrected chi connectivity index (χ3v) is 2.98. The van der Waals surface area contributed by atoms with Crippen molar-refractivity contribution in [2.24, 2.45) is 0 Å². The quantitative estimate of drug-likeness (QED) is 0.678. The van der Waals surface area contributed by atoms with E-state index in [0.29, 0.717) is 0 Å². The van der Waals surface area contributed by atoms with Crippen LogP contribution < -0.4 is 5.32 Å². The number of ether oxygens (including phenoxy) is 2. The smallest absolute Gasteiger partial charge is 0.0762 e. The third kappa shape index (κ3) is 5.62. The van der Waals surface area contributed by atoms with Crippen molar-refractivity contribution in [3.05, 3.63) is 18.0 Å². The summed E-state index contributed by atoms with van der Waals surface area (Å²) in [5, 5.41) is 7.78. The van der Waals surface area contributed by atoms with E-state index in [1.807, 2.05) is 16.9 Å². The Hall–Kier alpha value is -0.910. The van der Waals surface area contributed by atoms with Gasteiger partial charge >= 0.3 is 0 Å². The molecule has 0 fully saturated rings. The second-order valence-electron chi connectivity index (χ2n) is 4.95.